The third-order valence-electron chi connectivity index (χ3n) is 4.23. The van der Waals surface area contributed by atoms with Crippen molar-refractivity contribution in [1.29, 1.82) is 0 Å². The van der Waals surface area contributed by atoms with Crippen molar-refractivity contribution in [3.63, 3.8) is 0 Å². The van der Waals surface area contributed by atoms with E-state index in [1.165, 1.54) is 0 Å². The predicted molar refractivity (Wildman–Crippen MR) is 109 cm³/mol. The number of aromatic hydroxyl groups is 1. The Morgan fingerprint density at radius 3 is 2.00 bits per heavy atom. The van der Waals surface area contributed by atoms with Gasteiger partial charge in [0.25, 0.3) is 0 Å². The van der Waals surface area contributed by atoms with Gasteiger partial charge >= 0.3 is 0 Å². The van der Waals surface area contributed by atoms with E-state index in [9.17, 15) is 5.11 Å². The molecule has 0 fully saturated rings. The quantitative estimate of drug-likeness (QED) is 0.745. The van der Waals surface area contributed by atoms with Gasteiger partial charge in [-0.2, -0.15) is 0 Å². The summed E-state index contributed by atoms with van der Waals surface area (Å²) in [6.45, 7) is 17.9. The fourth-order valence-electron chi connectivity index (χ4n) is 2.74. The maximum absolute atomic E-state index is 10.9. The third kappa shape index (κ3) is 4.83. The van der Waals surface area contributed by atoms with Gasteiger partial charge in [0, 0.05) is 34.7 Å². The molecular weight excluding hydrogens is 328 g/mol. The van der Waals surface area contributed by atoms with Crippen LogP contribution in [0.4, 0.5) is 0 Å². The minimum atomic E-state index is -0.127. The summed E-state index contributed by atoms with van der Waals surface area (Å²) in [5, 5.41) is 17.5. The lowest BCUT2D eigenvalue weighted by Gasteiger charge is -2.28. The van der Waals surface area contributed by atoms with E-state index in [2.05, 4.69) is 78.2 Å². The number of thiazole rings is 1. The summed E-state index contributed by atoms with van der Waals surface area (Å²) in [4.78, 5) is 4.80. The summed E-state index contributed by atoms with van der Waals surface area (Å²) in [6.07, 6.45) is 0. The molecule has 0 amide bonds. The monoisotopic (exact) mass is 360 g/mol. The zero-order chi connectivity index (χ0) is 19.0. The molecule has 1 aromatic carbocycles. The van der Waals surface area contributed by atoms with Crippen LogP contribution in [-0.2, 0) is 17.4 Å². The van der Waals surface area contributed by atoms with Gasteiger partial charge in [-0.3, -0.25) is 0 Å². The minimum Gasteiger partial charge on any atom is -0.507 e. The van der Waals surface area contributed by atoms with E-state index >= 15 is 0 Å². The van der Waals surface area contributed by atoms with Gasteiger partial charge in [-0.15, -0.1) is 11.3 Å². The summed E-state index contributed by atoms with van der Waals surface area (Å²) in [7, 11) is 0. The van der Waals surface area contributed by atoms with Gasteiger partial charge in [-0.1, -0.05) is 55.4 Å². The van der Waals surface area contributed by atoms with E-state index in [1.54, 1.807) is 11.3 Å². The van der Waals surface area contributed by atoms with Crippen LogP contribution >= 0.6 is 11.3 Å². The maximum atomic E-state index is 10.9. The molecule has 25 heavy (non-hydrogen) atoms. The van der Waals surface area contributed by atoms with Gasteiger partial charge in [0.2, 0.25) is 0 Å². The number of benzene rings is 1. The SMILES string of the molecule is CC(C)NCc1nc(-c2cc(C(C)(C)C)c(O)c(C(C)(C)C)c2)cs1. The van der Waals surface area contributed by atoms with Gasteiger partial charge in [0.1, 0.15) is 10.8 Å². The molecule has 2 rings (SSSR count). The van der Waals surface area contributed by atoms with Crippen molar-refractivity contribution >= 4 is 11.3 Å². The number of phenols is 1. The van der Waals surface area contributed by atoms with E-state index in [1.807, 2.05) is 0 Å². The molecule has 1 heterocycles. The van der Waals surface area contributed by atoms with E-state index < -0.39 is 0 Å². The Kier molecular flexibility index (Phi) is 5.65. The van der Waals surface area contributed by atoms with E-state index in [0.717, 1.165) is 33.9 Å². The van der Waals surface area contributed by atoms with Crippen molar-refractivity contribution in [2.24, 2.45) is 0 Å². The fourth-order valence-corrected chi connectivity index (χ4v) is 3.50. The molecule has 0 saturated carbocycles. The Morgan fingerprint density at radius 2 is 1.56 bits per heavy atom. The number of nitrogens with zero attached hydrogens (tertiary/aromatic N) is 1. The number of hydrogen-bond acceptors (Lipinski definition) is 4. The summed E-state index contributed by atoms with van der Waals surface area (Å²) >= 11 is 1.68. The highest BCUT2D eigenvalue weighted by Gasteiger charge is 2.27. The predicted octanol–water partition coefficient (Wildman–Crippen LogP) is 5.61. The van der Waals surface area contributed by atoms with Gasteiger partial charge in [-0.25, -0.2) is 4.98 Å². The van der Waals surface area contributed by atoms with Crippen LogP contribution in [0.25, 0.3) is 11.3 Å². The molecule has 0 radical (unpaired) electrons. The lowest BCUT2D eigenvalue weighted by molar-refractivity contribution is 0.423. The van der Waals surface area contributed by atoms with Crippen molar-refractivity contribution < 1.29 is 5.11 Å². The van der Waals surface area contributed by atoms with Gasteiger partial charge < -0.3 is 10.4 Å². The average Bonchev–Trinajstić information content (AvgIpc) is 2.91. The number of hydrogen-bond donors (Lipinski definition) is 2. The van der Waals surface area contributed by atoms with Gasteiger partial charge in [0.05, 0.1) is 5.69 Å². The molecule has 0 aliphatic heterocycles. The molecule has 0 aliphatic carbocycles. The van der Waals surface area contributed by atoms with Crippen molar-refractivity contribution in [3.05, 3.63) is 33.6 Å². The number of nitrogens with one attached hydrogen (secondary N) is 1. The first-order valence-electron chi connectivity index (χ1n) is 8.95. The first-order valence-corrected chi connectivity index (χ1v) is 9.83. The van der Waals surface area contributed by atoms with Gasteiger partial charge in [0.15, 0.2) is 0 Å². The molecule has 0 atom stereocenters. The first-order chi connectivity index (χ1) is 11.4. The topological polar surface area (TPSA) is 45.2 Å². The molecule has 3 nitrogen and oxygen atoms in total. The van der Waals surface area contributed by atoms with Crippen LogP contribution in [0.5, 0.6) is 5.75 Å². The van der Waals surface area contributed by atoms with Crippen LogP contribution in [0.1, 0.15) is 71.5 Å². The minimum absolute atomic E-state index is 0.127. The van der Waals surface area contributed by atoms with Crippen LogP contribution in [0, 0.1) is 0 Å². The second-order valence-corrected chi connectivity index (χ2v) is 10.0. The zero-order valence-corrected chi connectivity index (χ0v) is 17.6. The average molecular weight is 361 g/mol. The molecule has 2 aromatic rings. The highest BCUT2D eigenvalue weighted by Crippen LogP contribution is 2.42. The molecule has 0 bridgehead atoms. The smallest absolute Gasteiger partial charge is 0.123 e. The zero-order valence-electron chi connectivity index (χ0n) is 16.8. The largest absolute Gasteiger partial charge is 0.507 e. The summed E-state index contributed by atoms with van der Waals surface area (Å²) in [5.41, 5.74) is 3.77. The Hall–Kier alpha value is -1.39. The fraction of sp³-hybridized carbons (Fsp3) is 0.571. The van der Waals surface area contributed by atoms with Crippen LogP contribution in [0.15, 0.2) is 17.5 Å². The highest BCUT2D eigenvalue weighted by molar-refractivity contribution is 7.09. The highest BCUT2D eigenvalue weighted by atomic mass is 32.1. The molecular formula is C21H32N2OS. The van der Waals surface area contributed by atoms with E-state index in [4.69, 9.17) is 4.98 Å². The third-order valence-corrected chi connectivity index (χ3v) is 5.08. The van der Waals surface area contributed by atoms with Crippen molar-refractivity contribution in [2.45, 2.75) is 78.8 Å². The summed E-state index contributed by atoms with van der Waals surface area (Å²) in [6, 6.07) is 4.64. The first kappa shape index (κ1) is 19.9. The molecule has 2 N–H and O–H groups in total. The molecule has 0 spiro atoms. The Bertz CT molecular complexity index is 698. The van der Waals surface area contributed by atoms with E-state index in [-0.39, 0.29) is 10.8 Å². The van der Waals surface area contributed by atoms with Gasteiger partial charge in [-0.05, 0) is 23.0 Å². The lowest BCUT2D eigenvalue weighted by atomic mass is 9.78. The van der Waals surface area contributed by atoms with Crippen molar-refractivity contribution in [1.82, 2.24) is 10.3 Å². The normalized spacial score (nSPS) is 12.8. The Labute approximate surface area is 156 Å². The molecule has 1 aromatic heterocycles. The molecule has 0 aliphatic rings. The second-order valence-electron chi connectivity index (χ2n) is 9.08. The van der Waals surface area contributed by atoms with E-state index in [0.29, 0.717) is 11.8 Å². The standard InChI is InChI=1S/C21H32N2OS/c1-13(2)22-11-18-23-17(12-25-18)14-9-15(20(3,4)5)19(24)16(10-14)21(6,7)8/h9-10,12-13,22,24H,11H2,1-8H3. The van der Waals surface area contributed by atoms with Crippen LogP contribution in [0.2, 0.25) is 0 Å². The summed E-state index contributed by atoms with van der Waals surface area (Å²) in [5.74, 6) is 0.417. The van der Waals surface area contributed by atoms with Crippen LogP contribution < -0.4 is 5.32 Å². The second kappa shape index (κ2) is 7.08. The number of aromatic nitrogens is 1. The van der Waals surface area contributed by atoms with Crippen molar-refractivity contribution in [2.75, 3.05) is 0 Å². The van der Waals surface area contributed by atoms with Crippen LogP contribution in [-0.4, -0.2) is 16.1 Å². The number of phenolic OH excluding ortho intramolecular Hbond substituents is 1. The van der Waals surface area contributed by atoms with Crippen LogP contribution in [0.3, 0.4) is 0 Å². The Morgan fingerprint density at radius 1 is 1.04 bits per heavy atom. The lowest BCUT2D eigenvalue weighted by Crippen LogP contribution is -2.21. The Balaban J connectivity index is 2.51. The molecule has 0 unspecified atom stereocenters. The van der Waals surface area contributed by atoms with Crippen molar-refractivity contribution in [3.8, 4) is 17.0 Å². The summed E-state index contributed by atoms with van der Waals surface area (Å²) < 4.78 is 0. The molecule has 0 saturated heterocycles. The molecule has 4 heteroatoms. The maximum Gasteiger partial charge on any atom is 0.123 e. The molecule has 138 valence electrons. The number of rotatable bonds is 4.